The third-order valence-electron chi connectivity index (χ3n) is 5.22. The van der Waals surface area contributed by atoms with Crippen molar-refractivity contribution in [2.45, 2.75) is 32.2 Å². The number of fused-ring (bicyclic) bond motifs is 1. The Bertz CT molecular complexity index is 836. The second-order valence-electron chi connectivity index (χ2n) is 7.76. The fraction of sp³-hybridized carbons (Fsp3) is 0.417. The molecule has 1 aliphatic rings. The Kier molecular flexibility index (Phi) is 8.27. The molecule has 1 amide bonds. The standard InChI is InChI=1S/C24H33N5O/c1-3-25-24(26-14-9-15-29(2)18-19-10-5-4-6-11-19)27-17-20-16-23(30)28-22-13-8-7-12-21(20)22/h4-8,10-13,20H,3,9,14-18H2,1-2H3,(H,28,30)(H2,25,26,27). The molecule has 0 spiro atoms. The Morgan fingerprint density at radius 1 is 1.13 bits per heavy atom. The van der Waals surface area contributed by atoms with Crippen LogP contribution in [-0.2, 0) is 11.3 Å². The largest absolute Gasteiger partial charge is 0.357 e. The summed E-state index contributed by atoms with van der Waals surface area (Å²) in [6.07, 6.45) is 1.51. The highest BCUT2D eigenvalue weighted by molar-refractivity contribution is 5.94. The number of hydrogen-bond acceptors (Lipinski definition) is 3. The lowest BCUT2D eigenvalue weighted by molar-refractivity contribution is -0.116. The SMILES string of the molecule is CCNC(=NCC1CC(=O)Nc2ccccc21)NCCCN(C)Cc1ccccc1. The van der Waals surface area contributed by atoms with E-state index in [4.69, 9.17) is 4.99 Å². The molecule has 6 nitrogen and oxygen atoms in total. The second-order valence-corrected chi connectivity index (χ2v) is 7.76. The Hall–Kier alpha value is -2.86. The van der Waals surface area contributed by atoms with Crippen LogP contribution in [0, 0.1) is 0 Å². The van der Waals surface area contributed by atoms with Gasteiger partial charge in [-0.2, -0.15) is 0 Å². The summed E-state index contributed by atoms with van der Waals surface area (Å²) in [5.74, 6) is 0.988. The predicted molar refractivity (Wildman–Crippen MR) is 124 cm³/mol. The minimum absolute atomic E-state index is 0.0633. The lowest BCUT2D eigenvalue weighted by Gasteiger charge is -2.24. The lowest BCUT2D eigenvalue weighted by Crippen LogP contribution is -2.39. The van der Waals surface area contributed by atoms with Gasteiger partial charge in [0.15, 0.2) is 5.96 Å². The molecule has 0 bridgehead atoms. The Labute approximate surface area is 179 Å². The van der Waals surface area contributed by atoms with Crippen LogP contribution in [0.1, 0.15) is 36.8 Å². The predicted octanol–water partition coefficient (Wildman–Crippen LogP) is 3.19. The van der Waals surface area contributed by atoms with Crippen LogP contribution in [0.2, 0.25) is 0 Å². The number of benzene rings is 2. The first kappa shape index (κ1) is 21.8. The average molecular weight is 408 g/mol. The highest BCUT2D eigenvalue weighted by atomic mass is 16.1. The van der Waals surface area contributed by atoms with Crippen LogP contribution in [0.15, 0.2) is 59.6 Å². The number of para-hydroxylation sites is 1. The molecule has 3 rings (SSSR count). The molecule has 0 aromatic heterocycles. The zero-order chi connectivity index (χ0) is 21.2. The van der Waals surface area contributed by atoms with E-state index in [-0.39, 0.29) is 11.8 Å². The van der Waals surface area contributed by atoms with Gasteiger partial charge in [-0.05, 0) is 44.1 Å². The topological polar surface area (TPSA) is 68.8 Å². The van der Waals surface area contributed by atoms with E-state index in [1.807, 2.05) is 24.3 Å². The Morgan fingerprint density at radius 3 is 2.70 bits per heavy atom. The minimum Gasteiger partial charge on any atom is -0.357 e. The molecular formula is C24H33N5O. The highest BCUT2D eigenvalue weighted by Gasteiger charge is 2.24. The number of guanidine groups is 1. The molecule has 0 saturated heterocycles. The van der Waals surface area contributed by atoms with E-state index < -0.39 is 0 Å². The van der Waals surface area contributed by atoms with E-state index in [0.717, 1.165) is 44.2 Å². The summed E-state index contributed by atoms with van der Waals surface area (Å²) in [4.78, 5) is 19.1. The fourth-order valence-corrected chi connectivity index (χ4v) is 3.74. The van der Waals surface area contributed by atoms with Crippen molar-refractivity contribution in [1.82, 2.24) is 15.5 Å². The summed E-state index contributed by atoms with van der Waals surface area (Å²) in [5.41, 5.74) is 3.41. The molecule has 0 fully saturated rings. The first-order valence-corrected chi connectivity index (χ1v) is 10.8. The van der Waals surface area contributed by atoms with Crippen molar-refractivity contribution in [2.75, 3.05) is 38.5 Å². The van der Waals surface area contributed by atoms with Crippen LogP contribution in [0.3, 0.4) is 0 Å². The lowest BCUT2D eigenvalue weighted by atomic mass is 9.91. The minimum atomic E-state index is 0.0633. The molecule has 1 atom stereocenters. The fourth-order valence-electron chi connectivity index (χ4n) is 3.74. The van der Waals surface area contributed by atoms with Gasteiger partial charge in [-0.1, -0.05) is 48.5 Å². The number of anilines is 1. The molecule has 1 aliphatic heterocycles. The molecule has 0 aliphatic carbocycles. The summed E-state index contributed by atoms with van der Waals surface area (Å²) < 4.78 is 0. The van der Waals surface area contributed by atoms with Gasteiger partial charge in [-0.3, -0.25) is 9.79 Å². The maximum Gasteiger partial charge on any atom is 0.225 e. The van der Waals surface area contributed by atoms with Gasteiger partial charge in [0.2, 0.25) is 5.91 Å². The van der Waals surface area contributed by atoms with Crippen molar-refractivity contribution in [3.63, 3.8) is 0 Å². The van der Waals surface area contributed by atoms with Crippen molar-refractivity contribution in [3.8, 4) is 0 Å². The number of aliphatic imine (C=N–C) groups is 1. The summed E-state index contributed by atoms with van der Waals surface area (Å²) in [6, 6.07) is 18.5. The normalized spacial score (nSPS) is 16.2. The molecule has 0 radical (unpaired) electrons. The van der Waals surface area contributed by atoms with E-state index in [9.17, 15) is 4.79 Å². The van der Waals surface area contributed by atoms with Crippen molar-refractivity contribution in [1.29, 1.82) is 0 Å². The molecule has 1 unspecified atom stereocenters. The molecule has 0 saturated carbocycles. The van der Waals surface area contributed by atoms with Crippen LogP contribution >= 0.6 is 0 Å². The summed E-state index contributed by atoms with van der Waals surface area (Å²) in [6.45, 7) is 6.28. The number of rotatable bonds is 9. The van der Waals surface area contributed by atoms with Gasteiger partial charge < -0.3 is 20.9 Å². The number of hydrogen-bond donors (Lipinski definition) is 3. The Balaban J connectivity index is 1.47. The number of carbonyl (C=O) groups is 1. The smallest absolute Gasteiger partial charge is 0.225 e. The van der Waals surface area contributed by atoms with Crippen molar-refractivity contribution < 1.29 is 4.79 Å². The molecule has 3 N–H and O–H groups in total. The van der Waals surface area contributed by atoms with Crippen LogP contribution in [0.5, 0.6) is 0 Å². The van der Waals surface area contributed by atoms with Gasteiger partial charge >= 0.3 is 0 Å². The van der Waals surface area contributed by atoms with E-state index in [2.05, 4.69) is 65.2 Å². The van der Waals surface area contributed by atoms with Crippen LogP contribution in [0.25, 0.3) is 0 Å². The third kappa shape index (κ3) is 6.59. The summed E-state index contributed by atoms with van der Waals surface area (Å²) in [5, 5.41) is 9.69. The highest BCUT2D eigenvalue weighted by Crippen LogP contribution is 2.31. The maximum atomic E-state index is 12.0. The van der Waals surface area contributed by atoms with Crippen molar-refractivity contribution >= 4 is 17.6 Å². The molecule has 30 heavy (non-hydrogen) atoms. The molecule has 1 heterocycles. The van der Waals surface area contributed by atoms with Gasteiger partial charge in [-0.15, -0.1) is 0 Å². The number of nitrogens with zero attached hydrogens (tertiary/aromatic N) is 2. The van der Waals surface area contributed by atoms with Crippen LogP contribution in [-0.4, -0.2) is 50.0 Å². The molecule has 160 valence electrons. The third-order valence-corrected chi connectivity index (χ3v) is 5.22. The van der Waals surface area contributed by atoms with Crippen molar-refractivity contribution in [2.24, 2.45) is 4.99 Å². The van der Waals surface area contributed by atoms with Gasteiger partial charge in [0.25, 0.3) is 0 Å². The number of nitrogens with one attached hydrogen (secondary N) is 3. The molecular weight excluding hydrogens is 374 g/mol. The summed E-state index contributed by atoms with van der Waals surface area (Å²) in [7, 11) is 2.15. The van der Waals surface area contributed by atoms with E-state index >= 15 is 0 Å². The van der Waals surface area contributed by atoms with E-state index in [1.165, 1.54) is 11.1 Å². The number of carbonyl (C=O) groups excluding carboxylic acids is 1. The maximum absolute atomic E-state index is 12.0. The van der Waals surface area contributed by atoms with E-state index in [0.29, 0.717) is 13.0 Å². The van der Waals surface area contributed by atoms with Gasteiger partial charge in [0, 0.05) is 37.7 Å². The molecule has 2 aromatic rings. The first-order chi connectivity index (χ1) is 14.7. The van der Waals surface area contributed by atoms with E-state index in [1.54, 1.807) is 0 Å². The zero-order valence-corrected chi connectivity index (χ0v) is 18.0. The number of amides is 1. The zero-order valence-electron chi connectivity index (χ0n) is 18.0. The first-order valence-electron chi connectivity index (χ1n) is 10.8. The quantitative estimate of drug-likeness (QED) is 0.339. The van der Waals surface area contributed by atoms with Crippen LogP contribution < -0.4 is 16.0 Å². The second kappa shape index (κ2) is 11.4. The summed E-state index contributed by atoms with van der Waals surface area (Å²) >= 11 is 0. The van der Waals surface area contributed by atoms with Crippen LogP contribution in [0.4, 0.5) is 5.69 Å². The average Bonchev–Trinajstić information content (AvgIpc) is 2.75. The monoisotopic (exact) mass is 407 g/mol. The van der Waals surface area contributed by atoms with Gasteiger partial charge in [-0.25, -0.2) is 0 Å². The van der Waals surface area contributed by atoms with Gasteiger partial charge in [0.05, 0.1) is 6.54 Å². The molecule has 2 aromatic carbocycles. The molecule has 6 heteroatoms. The Morgan fingerprint density at radius 2 is 1.90 bits per heavy atom. The van der Waals surface area contributed by atoms with Crippen molar-refractivity contribution in [3.05, 3.63) is 65.7 Å². The van der Waals surface area contributed by atoms with Gasteiger partial charge in [0.1, 0.15) is 0 Å².